The lowest BCUT2D eigenvalue weighted by atomic mass is 10.1. The van der Waals surface area contributed by atoms with Crippen LogP contribution in [0.15, 0.2) is 42.6 Å². The first kappa shape index (κ1) is 27.6. The van der Waals surface area contributed by atoms with Crippen molar-refractivity contribution in [1.82, 2.24) is 19.4 Å². The monoisotopic (exact) mass is 563 g/mol. The van der Waals surface area contributed by atoms with Gasteiger partial charge in [0.05, 0.1) is 16.3 Å². The number of fused-ring (bicyclic) bond motifs is 1. The quantitative estimate of drug-likeness (QED) is 0.296. The summed E-state index contributed by atoms with van der Waals surface area (Å²) < 4.78 is 16.3. The summed E-state index contributed by atoms with van der Waals surface area (Å²) in [7, 11) is 0. The number of carboxylic acid groups (broad SMARTS) is 1. The Morgan fingerprint density at radius 1 is 1.12 bits per heavy atom. The number of nitrogens with zero attached hydrogens (tertiary/aromatic N) is 4. The number of benzene rings is 1. The molecule has 4 aromatic rings. The molecule has 40 heavy (non-hydrogen) atoms. The molecule has 0 radical (unpaired) electrons. The number of rotatable bonds is 5. The van der Waals surface area contributed by atoms with Gasteiger partial charge in [-0.15, -0.1) is 0 Å². The van der Waals surface area contributed by atoms with Gasteiger partial charge in [-0.25, -0.2) is 19.2 Å². The number of pyridine rings is 2. The van der Waals surface area contributed by atoms with Crippen LogP contribution in [-0.2, 0) is 5.54 Å². The summed E-state index contributed by atoms with van der Waals surface area (Å²) in [6.45, 7) is 10.6. The molecule has 1 aromatic carbocycles. The first-order valence-electron chi connectivity index (χ1n) is 13.1. The number of carbonyl (C=O) groups excluding carboxylic acids is 1. The maximum atomic E-state index is 14.3. The fourth-order valence-corrected chi connectivity index (χ4v) is 5.41. The summed E-state index contributed by atoms with van der Waals surface area (Å²) in [4.78, 5) is 36.0. The number of nitrogens with one attached hydrogen (secondary N) is 1. The highest BCUT2D eigenvalue weighted by Crippen LogP contribution is 2.35. The van der Waals surface area contributed by atoms with Crippen LogP contribution in [0.3, 0.4) is 0 Å². The zero-order chi connectivity index (χ0) is 28.9. The van der Waals surface area contributed by atoms with Crippen LogP contribution >= 0.6 is 11.6 Å². The largest absolute Gasteiger partial charge is 0.478 e. The van der Waals surface area contributed by atoms with E-state index in [0.717, 1.165) is 17.4 Å². The molecule has 8 nitrogen and oxygen atoms in total. The van der Waals surface area contributed by atoms with Crippen molar-refractivity contribution in [3.05, 3.63) is 75.9 Å². The van der Waals surface area contributed by atoms with Crippen LogP contribution in [0, 0.1) is 19.7 Å². The van der Waals surface area contributed by atoms with Crippen molar-refractivity contribution in [2.75, 3.05) is 18.4 Å². The van der Waals surface area contributed by atoms with Gasteiger partial charge in [0, 0.05) is 41.8 Å². The molecule has 1 unspecified atom stereocenters. The van der Waals surface area contributed by atoms with E-state index in [-0.39, 0.29) is 28.1 Å². The van der Waals surface area contributed by atoms with Crippen molar-refractivity contribution in [2.24, 2.45) is 0 Å². The number of hydrogen-bond donors (Lipinski definition) is 2. The van der Waals surface area contributed by atoms with E-state index in [1.165, 1.54) is 12.1 Å². The van der Waals surface area contributed by atoms with Crippen LogP contribution in [-0.4, -0.2) is 55.5 Å². The second-order valence-corrected chi connectivity index (χ2v) is 11.7. The van der Waals surface area contributed by atoms with Crippen molar-refractivity contribution >= 4 is 40.3 Å². The lowest BCUT2D eigenvalue weighted by Crippen LogP contribution is -2.32. The standard InChI is InChI=1S/C30H31ClFN5O3/c1-16-12-25(33-17(2)26(16)29(39)40)34-19-10-11-36(14-19)28(38)24-9-7-20-21(18-6-8-22(31)23(32)13-18)15-37(27(20)35-24)30(3,4)5/h6-9,12-13,15,19H,10-11,14H2,1-5H3,(H,33,34)(H,39,40). The van der Waals surface area contributed by atoms with Crippen molar-refractivity contribution in [3.63, 3.8) is 0 Å². The maximum absolute atomic E-state index is 14.3. The van der Waals surface area contributed by atoms with Crippen LogP contribution in [0.4, 0.5) is 10.2 Å². The van der Waals surface area contributed by atoms with Crippen LogP contribution in [0.1, 0.15) is 59.3 Å². The zero-order valence-corrected chi connectivity index (χ0v) is 23.8. The number of carboxylic acids is 1. The van der Waals surface area contributed by atoms with Gasteiger partial charge in [-0.05, 0) is 82.5 Å². The Morgan fingerprint density at radius 3 is 2.52 bits per heavy atom. The molecule has 1 saturated heterocycles. The number of halogens is 2. The van der Waals surface area contributed by atoms with E-state index in [2.05, 4.69) is 10.3 Å². The highest BCUT2D eigenvalue weighted by Gasteiger charge is 2.29. The number of aryl methyl sites for hydroxylation is 2. The number of aromatic carboxylic acids is 1. The Morgan fingerprint density at radius 2 is 1.88 bits per heavy atom. The van der Waals surface area contributed by atoms with Crippen LogP contribution < -0.4 is 5.32 Å². The number of aromatic nitrogens is 3. The fourth-order valence-electron chi connectivity index (χ4n) is 5.29. The predicted octanol–water partition coefficient (Wildman–Crippen LogP) is 6.29. The molecule has 2 N–H and O–H groups in total. The number of likely N-dealkylation sites (tertiary alicyclic amines) is 1. The van der Waals surface area contributed by atoms with E-state index >= 15 is 0 Å². The molecule has 208 valence electrons. The van der Waals surface area contributed by atoms with Gasteiger partial charge in [-0.3, -0.25) is 4.79 Å². The molecule has 0 saturated carbocycles. The fraction of sp³-hybridized carbons (Fsp3) is 0.333. The summed E-state index contributed by atoms with van der Waals surface area (Å²) in [5.41, 5.74) is 3.42. The second kappa shape index (κ2) is 10.2. The molecule has 1 amide bonds. The van der Waals surface area contributed by atoms with Crippen LogP contribution in [0.5, 0.6) is 0 Å². The summed E-state index contributed by atoms with van der Waals surface area (Å²) in [5, 5.41) is 13.6. The molecule has 3 aromatic heterocycles. The van der Waals surface area contributed by atoms with E-state index in [1.807, 2.05) is 37.6 Å². The molecule has 0 bridgehead atoms. The number of anilines is 1. The third kappa shape index (κ3) is 5.13. The summed E-state index contributed by atoms with van der Waals surface area (Å²) in [5.74, 6) is -1.08. The van der Waals surface area contributed by atoms with E-state index < -0.39 is 11.8 Å². The van der Waals surface area contributed by atoms with E-state index in [1.54, 1.807) is 36.9 Å². The predicted molar refractivity (Wildman–Crippen MR) is 154 cm³/mol. The summed E-state index contributed by atoms with van der Waals surface area (Å²) >= 11 is 5.90. The SMILES string of the molecule is Cc1cc(NC2CCN(C(=O)c3ccc4c(-c5ccc(Cl)c(F)c5)cn(C(C)(C)C)c4n3)C2)nc(C)c1C(=O)O. The molecule has 1 aliphatic rings. The Balaban J connectivity index is 1.40. The molecule has 1 atom stereocenters. The minimum Gasteiger partial charge on any atom is -0.478 e. The Hall–Kier alpha value is -3.98. The molecule has 0 aliphatic carbocycles. The van der Waals surface area contributed by atoms with Gasteiger partial charge in [0.15, 0.2) is 0 Å². The first-order chi connectivity index (χ1) is 18.8. The van der Waals surface area contributed by atoms with Gasteiger partial charge in [0.1, 0.15) is 23.0 Å². The molecule has 1 fully saturated rings. The highest BCUT2D eigenvalue weighted by molar-refractivity contribution is 6.30. The van der Waals surface area contributed by atoms with Crippen molar-refractivity contribution in [1.29, 1.82) is 0 Å². The number of amides is 1. The molecule has 4 heterocycles. The molecule has 0 spiro atoms. The average molecular weight is 564 g/mol. The van der Waals surface area contributed by atoms with E-state index in [9.17, 15) is 19.1 Å². The second-order valence-electron chi connectivity index (χ2n) is 11.3. The lowest BCUT2D eigenvalue weighted by molar-refractivity contribution is 0.0694. The third-order valence-corrected chi connectivity index (χ3v) is 7.57. The molecular formula is C30H31ClFN5O3. The molecule has 5 rings (SSSR count). The average Bonchev–Trinajstić information content (AvgIpc) is 3.49. The van der Waals surface area contributed by atoms with Gasteiger partial charge in [0.25, 0.3) is 5.91 Å². The van der Waals surface area contributed by atoms with E-state index in [0.29, 0.717) is 47.1 Å². The number of hydrogen-bond acceptors (Lipinski definition) is 5. The minimum atomic E-state index is -0.999. The Bertz CT molecular complexity index is 1640. The Labute approximate surface area is 236 Å². The molecule has 10 heteroatoms. The van der Waals surface area contributed by atoms with Gasteiger partial charge in [0.2, 0.25) is 0 Å². The van der Waals surface area contributed by atoms with Gasteiger partial charge in [-0.2, -0.15) is 0 Å². The van der Waals surface area contributed by atoms with Crippen molar-refractivity contribution in [2.45, 2.75) is 52.6 Å². The van der Waals surface area contributed by atoms with Crippen LogP contribution in [0.25, 0.3) is 22.2 Å². The van der Waals surface area contributed by atoms with Crippen molar-refractivity contribution in [3.8, 4) is 11.1 Å². The minimum absolute atomic E-state index is 0.0282. The van der Waals surface area contributed by atoms with E-state index in [4.69, 9.17) is 16.6 Å². The van der Waals surface area contributed by atoms with Gasteiger partial charge < -0.3 is 19.9 Å². The zero-order valence-electron chi connectivity index (χ0n) is 23.0. The van der Waals surface area contributed by atoms with Crippen molar-refractivity contribution < 1.29 is 19.1 Å². The third-order valence-electron chi connectivity index (χ3n) is 7.26. The summed E-state index contributed by atoms with van der Waals surface area (Å²) in [6.07, 6.45) is 2.66. The van der Waals surface area contributed by atoms with Gasteiger partial charge >= 0.3 is 5.97 Å². The Kier molecular flexibility index (Phi) is 7.04. The lowest BCUT2D eigenvalue weighted by Gasteiger charge is -2.22. The van der Waals surface area contributed by atoms with Crippen LogP contribution in [0.2, 0.25) is 5.02 Å². The highest BCUT2D eigenvalue weighted by atomic mass is 35.5. The molecular weight excluding hydrogens is 533 g/mol. The molecule has 1 aliphatic heterocycles. The number of carbonyl (C=O) groups is 2. The smallest absolute Gasteiger partial charge is 0.337 e. The first-order valence-corrected chi connectivity index (χ1v) is 13.5. The maximum Gasteiger partial charge on any atom is 0.337 e. The summed E-state index contributed by atoms with van der Waals surface area (Å²) in [6, 6.07) is 10.00. The normalized spacial score (nSPS) is 15.6. The topological polar surface area (TPSA) is 100 Å². The van der Waals surface area contributed by atoms with Gasteiger partial charge in [-0.1, -0.05) is 17.7 Å².